The highest BCUT2D eigenvalue weighted by Gasteiger charge is 2.19. The van der Waals surface area contributed by atoms with Crippen molar-refractivity contribution in [1.82, 2.24) is 10.3 Å². The third kappa shape index (κ3) is 3.58. The van der Waals surface area contributed by atoms with Gasteiger partial charge in [0.1, 0.15) is 5.01 Å². The lowest BCUT2D eigenvalue weighted by Gasteiger charge is -2.16. The molecule has 1 aromatic rings. The van der Waals surface area contributed by atoms with Gasteiger partial charge in [0.05, 0.1) is 11.7 Å². The van der Waals surface area contributed by atoms with Crippen molar-refractivity contribution in [3.8, 4) is 0 Å². The van der Waals surface area contributed by atoms with E-state index < -0.39 is 0 Å². The molecule has 0 fully saturated rings. The molecule has 86 valence electrons. The summed E-state index contributed by atoms with van der Waals surface area (Å²) in [7, 11) is 0. The summed E-state index contributed by atoms with van der Waals surface area (Å²) in [6.45, 7) is 13.1. The molecule has 0 saturated heterocycles. The van der Waals surface area contributed by atoms with Crippen LogP contribution in [0.1, 0.15) is 58.3 Å². The van der Waals surface area contributed by atoms with E-state index in [0.29, 0.717) is 12.1 Å². The fourth-order valence-electron chi connectivity index (χ4n) is 1.40. The first kappa shape index (κ1) is 12.7. The van der Waals surface area contributed by atoms with E-state index in [4.69, 9.17) is 4.98 Å². The lowest BCUT2D eigenvalue weighted by atomic mass is 9.93. The molecule has 1 heterocycles. The maximum atomic E-state index is 4.69. The number of hydrogen-bond donors (Lipinski definition) is 1. The minimum absolute atomic E-state index is 0.159. The van der Waals surface area contributed by atoms with E-state index in [2.05, 4.69) is 52.2 Å². The van der Waals surface area contributed by atoms with Crippen LogP contribution in [0.2, 0.25) is 0 Å². The van der Waals surface area contributed by atoms with Crippen molar-refractivity contribution in [2.75, 3.05) is 0 Å². The van der Waals surface area contributed by atoms with Crippen LogP contribution in [-0.4, -0.2) is 11.0 Å². The summed E-state index contributed by atoms with van der Waals surface area (Å²) in [5.41, 5.74) is 1.35. The van der Waals surface area contributed by atoms with Gasteiger partial charge in [-0.15, -0.1) is 11.3 Å². The number of hydrogen-bond acceptors (Lipinski definition) is 3. The van der Waals surface area contributed by atoms with E-state index in [-0.39, 0.29) is 5.41 Å². The van der Waals surface area contributed by atoms with E-state index in [0.717, 1.165) is 0 Å². The topological polar surface area (TPSA) is 24.9 Å². The average Bonchev–Trinajstić information content (AvgIpc) is 2.48. The first-order chi connectivity index (χ1) is 6.80. The fourth-order valence-corrected chi connectivity index (χ4v) is 2.46. The maximum absolute atomic E-state index is 4.69. The molecule has 0 aliphatic carbocycles. The van der Waals surface area contributed by atoms with E-state index in [9.17, 15) is 0 Å². The third-order valence-corrected chi connectivity index (χ3v) is 3.27. The highest BCUT2D eigenvalue weighted by molar-refractivity contribution is 7.09. The molecule has 1 atom stereocenters. The van der Waals surface area contributed by atoms with Gasteiger partial charge in [0.25, 0.3) is 0 Å². The van der Waals surface area contributed by atoms with Crippen LogP contribution in [-0.2, 0) is 5.41 Å². The van der Waals surface area contributed by atoms with E-state index in [1.165, 1.54) is 10.7 Å². The first-order valence-corrected chi connectivity index (χ1v) is 6.40. The number of thiazole rings is 1. The summed E-state index contributed by atoms with van der Waals surface area (Å²) in [6, 6.07) is 0.855. The van der Waals surface area contributed by atoms with Crippen LogP contribution in [0, 0.1) is 0 Å². The van der Waals surface area contributed by atoms with Gasteiger partial charge in [-0.25, -0.2) is 4.98 Å². The van der Waals surface area contributed by atoms with Crippen molar-refractivity contribution in [3.05, 3.63) is 16.1 Å². The quantitative estimate of drug-likeness (QED) is 0.853. The molecule has 1 aromatic heterocycles. The summed E-state index contributed by atoms with van der Waals surface area (Å²) in [5, 5.41) is 6.83. The van der Waals surface area contributed by atoms with Crippen molar-refractivity contribution in [3.63, 3.8) is 0 Å². The summed E-state index contributed by atoms with van der Waals surface area (Å²) in [6.07, 6.45) is 0. The predicted octanol–water partition coefficient (Wildman–Crippen LogP) is 3.50. The third-order valence-electron chi connectivity index (χ3n) is 2.24. The van der Waals surface area contributed by atoms with Crippen molar-refractivity contribution in [1.29, 1.82) is 0 Å². The van der Waals surface area contributed by atoms with Crippen molar-refractivity contribution in [2.45, 2.75) is 59.0 Å². The lowest BCUT2D eigenvalue weighted by Crippen LogP contribution is -2.26. The standard InChI is InChI=1S/C12H22N2S/c1-8(2)13-9(3)11-14-10(7-15-11)12(4,5)6/h7-9,13H,1-6H3. The Balaban J connectivity index is 2.76. The molecule has 3 heteroatoms. The summed E-state index contributed by atoms with van der Waals surface area (Å²) < 4.78 is 0. The Morgan fingerprint density at radius 3 is 2.27 bits per heavy atom. The number of nitrogens with zero attached hydrogens (tertiary/aromatic N) is 1. The first-order valence-electron chi connectivity index (χ1n) is 5.52. The minimum atomic E-state index is 0.159. The lowest BCUT2D eigenvalue weighted by molar-refractivity contribution is 0.499. The molecule has 0 aliphatic heterocycles. The molecule has 1 N–H and O–H groups in total. The molecule has 0 spiro atoms. The summed E-state index contributed by atoms with van der Waals surface area (Å²) in [5.74, 6) is 0. The summed E-state index contributed by atoms with van der Waals surface area (Å²) in [4.78, 5) is 4.69. The van der Waals surface area contributed by atoms with Crippen LogP contribution >= 0.6 is 11.3 Å². The molecule has 0 aliphatic rings. The zero-order chi connectivity index (χ0) is 11.6. The number of nitrogens with one attached hydrogen (secondary N) is 1. The van der Waals surface area contributed by atoms with Crippen LogP contribution < -0.4 is 5.32 Å². The van der Waals surface area contributed by atoms with Crippen LogP contribution in [0.3, 0.4) is 0 Å². The highest BCUT2D eigenvalue weighted by Crippen LogP contribution is 2.26. The second-order valence-electron chi connectivity index (χ2n) is 5.36. The molecule has 0 saturated carbocycles. The van der Waals surface area contributed by atoms with Gasteiger partial charge in [-0.2, -0.15) is 0 Å². The Morgan fingerprint density at radius 2 is 1.87 bits per heavy atom. The maximum Gasteiger partial charge on any atom is 0.110 e. The SMILES string of the molecule is CC(C)NC(C)c1nc(C(C)(C)C)cs1. The molecule has 2 nitrogen and oxygen atoms in total. The smallest absolute Gasteiger partial charge is 0.110 e. The average molecular weight is 226 g/mol. The minimum Gasteiger partial charge on any atom is -0.306 e. The van der Waals surface area contributed by atoms with Gasteiger partial charge < -0.3 is 5.32 Å². The van der Waals surface area contributed by atoms with Gasteiger partial charge in [0.15, 0.2) is 0 Å². The fraction of sp³-hybridized carbons (Fsp3) is 0.750. The van der Waals surface area contributed by atoms with Crippen molar-refractivity contribution in [2.24, 2.45) is 0 Å². The van der Waals surface area contributed by atoms with Gasteiger partial charge >= 0.3 is 0 Å². The van der Waals surface area contributed by atoms with Crippen LogP contribution in [0.15, 0.2) is 5.38 Å². The van der Waals surface area contributed by atoms with Crippen LogP contribution in [0.25, 0.3) is 0 Å². The molecule has 1 rings (SSSR count). The van der Waals surface area contributed by atoms with Gasteiger partial charge in [0.2, 0.25) is 0 Å². The Morgan fingerprint density at radius 1 is 1.27 bits per heavy atom. The monoisotopic (exact) mass is 226 g/mol. The Hall–Kier alpha value is -0.410. The Kier molecular flexibility index (Phi) is 3.90. The zero-order valence-corrected chi connectivity index (χ0v) is 11.4. The largest absolute Gasteiger partial charge is 0.306 e. The van der Waals surface area contributed by atoms with Gasteiger partial charge in [-0.3, -0.25) is 0 Å². The number of aromatic nitrogens is 1. The highest BCUT2D eigenvalue weighted by atomic mass is 32.1. The van der Waals surface area contributed by atoms with Crippen molar-refractivity contribution >= 4 is 11.3 Å². The van der Waals surface area contributed by atoms with Crippen LogP contribution in [0.4, 0.5) is 0 Å². The zero-order valence-electron chi connectivity index (χ0n) is 10.6. The number of rotatable bonds is 3. The van der Waals surface area contributed by atoms with E-state index in [1.54, 1.807) is 11.3 Å². The predicted molar refractivity (Wildman–Crippen MR) is 67.5 cm³/mol. The van der Waals surface area contributed by atoms with E-state index >= 15 is 0 Å². The second kappa shape index (κ2) is 4.62. The van der Waals surface area contributed by atoms with Gasteiger partial charge in [-0.1, -0.05) is 34.6 Å². The molecule has 0 bridgehead atoms. The summed E-state index contributed by atoms with van der Waals surface area (Å²) >= 11 is 1.75. The Bertz CT molecular complexity index is 310. The van der Waals surface area contributed by atoms with Gasteiger partial charge in [0, 0.05) is 16.8 Å². The molecule has 0 aromatic carbocycles. The molecule has 0 amide bonds. The molecule has 0 radical (unpaired) electrons. The van der Waals surface area contributed by atoms with Gasteiger partial charge in [-0.05, 0) is 6.92 Å². The second-order valence-corrected chi connectivity index (χ2v) is 6.25. The normalized spacial score (nSPS) is 14.6. The molecular weight excluding hydrogens is 204 g/mol. The van der Waals surface area contributed by atoms with E-state index in [1.807, 2.05) is 0 Å². The molecule has 15 heavy (non-hydrogen) atoms. The molecule has 1 unspecified atom stereocenters. The molecular formula is C12H22N2S. The Labute approximate surface area is 97.1 Å². The van der Waals surface area contributed by atoms with Crippen LogP contribution in [0.5, 0.6) is 0 Å². The van der Waals surface area contributed by atoms with Crippen molar-refractivity contribution < 1.29 is 0 Å².